The lowest BCUT2D eigenvalue weighted by Gasteiger charge is -2.24. The van der Waals surface area contributed by atoms with E-state index in [0.717, 1.165) is 31.5 Å². The molecule has 1 N–H and O–H groups in total. The zero-order chi connectivity index (χ0) is 18.3. The van der Waals surface area contributed by atoms with Crippen LogP contribution >= 0.6 is 12.4 Å². The van der Waals surface area contributed by atoms with Crippen LogP contribution in [0.1, 0.15) is 29.6 Å². The van der Waals surface area contributed by atoms with Gasteiger partial charge in [0.2, 0.25) is 0 Å². The highest BCUT2D eigenvalue weighted by Gasteiger charge is 2.31. The normalized spacial score (nSPS) is 21.5. The number of hydrogen-bond acceptors (Lipinski definition) is 2. The predicted molar refractivity (Wildman–Crippen MR) is 99.5 cm³/mol. The highest BCUT2D eigenvalue weighted by molar-refractivity contribution is 5.94. The number of nitrogens with one attached hydrogen (secondary N) is 1. The number of nitrogens with zero attached hydrogens (tertiary/aromatic N) is 1. The maximum atomic E-state index is 13.4. The Kier molecular flexibility index (Phi) is 5.77. The Hall–Kier alpha value is -2.05. The van der Waals surface area contributed by atoms with Crippen molar-refractivity contribution in [1.82, 2.24) is 10.2 Å². The van der Waals surface area contributed by atoms with Gasteiger partial charge < -0.3 is 10.2 Å². The molecule has 2 atom stereocenters. The minimum Gasteiger partial charge on any atom is -0.337 e. The lowest BCUT2D eigenvalue weighted by Crippen LogP contribution is -2.39. The van der Waals surface area contributed by atoms with Crippen LogP contribution in [0.5, 0.6) is 0 Å². The van der Waals surface area contributed by atoms with Crippen LogP contribution in [0.2, 0.25) is 0 Å². The molecule has 2 aromatic carbocycles. The van der Waals surface area contributed by atoms with Crippen LogP contribution in [-0.2, 0) is 0 Å². The molecule has 3 nitrogen and oxygen atoms in total. The van der Waals surface area contributed by atoms with E-state index < -0.39 is 17.5 Å². The van der Waals surface area contributed by atoms with E-state index in [9.17, 15) is 18.0 Å². The van der Waals surface area contributed by atoms with Gasteiger partial charge in [-0.3, -0.25) is 4.79 Å². The van der Waals surface area contributed by atoms with Gasteiger partial charge in [-0.25, -0.2) is 13.2 Å². The zero-order valence-corrected chi connectivity index (χ0v) is 15.4. The molecule has 2 saturated heterocycles. The van der Waals surface area contributed by atoms with Crippen molar-refractivity contribution < 1.29 is 18.0 Å². The molecule has 2 unspecified atom stereocenters. The van der Waals surface area contributed by atoms with E-state index in [2.05, 4.69) is 5.32 Å². The monoisotopic (exact) mass is 396 g/mol. The van der Waals surface area contributed by atoms with Crippen molar-refractivity contribution in [3.63, 3.8) is 0 Å². The van der Waals surface area contributed by atoms with Gasteiger partial charge in [-0.2, -0.15) is 0 Å². The second-order valence-corrected chi connectivity index (χ2v) is 7.01. The first-order valence-electron chi connectivity index (χ1n) is 8.81. The lowest BCUT2D eigenvalue weighted by molar-refractivity contribution is 0.0748. The summed E-state index contributed by atoms with van der Waals surface area (Å²) in [5.41, 5.74) is 1.29. The molecular formula is C20H20ClF3N2O. The standard InChI is InChI=1S/C20H19F3N2O.ClH/c21-17-9-14(10-18(22)19(17)23)12-1-3-13(4-2-12)20(26)25-8-7-15-5-6-16(11-25)24-15;/h1-4,9-10,15-16,24H,5-8,11H2;1H. The van der Waals surface area contributed by atoms with Crippen LogP contribution in [0.25, 0.3) is 11.1 Å². The number of carbonyl (C=O) groups excluding carboxylic acids is 1. The molecule has 0 spiro atoms. The van der Waals surface area contributed by atoms with E-state index in [1.807, 2.05) is 4.90 Å². The van der Waals surface area contributed by atoms with Gasteiger partial charge in [0, 0.05) is 30.7 Å². The van der Waals surface area contributed by atoms with Crippen LogP contribution in [0.15, 0.2) is 36.4 Å². The first kappa shape index (κ1) is 19.7. The molecule has 7 heteroatoms. The summed E-state index contributed by atoms with van der Waals surface area (Å²) in [5, 5.41) is 3.54. The number of hydrogen-bond donors (Lipinski definition) is 1. The molecule has 144 valence electrons. The second-order valence-electron chi connectivity index (χ2n) is 7.01. The summed E-state index contributed by atoms with van der Waals surface area (Å²) in [6, 6.07) is 9.31. The Morgan fingerprint density at radius 1 is 0.926 bits per heavy atom. The number of halogens is 4. The summed E-state index contributed by atoms with van der Waals surface area (Å²) in [5.74, 6) is -3.98. The molecule has 0 aromatic heterocycles. The van der Waals surface area contributed by atoms with Crippen LogP contribution in [0.3, 0.4) is 0 Å². The van der Waals surface area contributed by atoms with Crippen LogP contribution in [0, 0.1) is 17.5 Å². The third kappa shape index (κ3) is 3.96. The summed E-state index contributed by atoms with van der Waals surface area (Å²) >= 11 is 0. The summed E-state index contributed by atoms with van der Waals surface area (Å²) in [6.07, 6.45) is 3.22. The van der Waals surface area contributed by atoms with Crippen molar-refractivity contribution in [3.8, 4) is 11.1 Å². The lowest BCUT2D eigenvalue weighted by atomic mass is 10.0. The van der Waals surface area contributed by atoms with Gasteiger partial charge in [0.25, 0.3) is 5.91 Å². The maximum absolute atomic E-state index is 13.4. The first-order chi connectivity index (χ1) is 12.5. The van der Waals surface area contributed by atoms with Gasteiger partial charge in [0.15, 0.2) is 17.5 Å². The SMILES string of the molecule is Cl.O=C(c1ccc(-c2cc(F)c(F)c(F)c2)cc1)N1CCC2CCC(C1)N2. The molecule has 27 heavy (non-hydrogen) atoms. The van der Waals surface area contributed by atoms with E-state index in [1.54, 1.807) is 24.3 Å². The molecule has 4 rings (SSSR count). The quantitative estimate of drug-likeness (QED) is 0.773. The van der Waals surface area contributed by atoms with E-state index in [1.165, 1.54) is 6.42 Å². The topological polar surface area (TPSA) is 32.3 Å². The Labute approximate surface area is 162 Å². The molecule has 2 heterocycles. The summed E-state index contributed by atoms with van der Waals surface area (Å²) < 4.78 is 39.9. The van der Waals surface area contributed by atoms with Gasteiger partial charge in [-0.15, -0.1) is 12.4 Å². The highest BCUT2D eigenvalue weighted by Crippen LogP contribution is 2.25. The maximum Gasteiger partial charge on any atom is 0.253 e. The minimum atomic E-state index is -1.48. The van der Waals surface area contributed by atoms with E-state index in [4.69, 9.17) is 0 Å². The van der Waals surface area contributed by atoms with Gasteiger partial charge in [-0.1, -0.05) is 12.1 Å². The van der Waals surface area contributed by atoms with Crippen molar-refractivity contribution in [2.24, 2.45) is 0 Å². The molecule has 0 saturated carbocycles. The van der Waals surface area contributed by atoms with E-state index >= 15 is 0 Å². The Balaban J connectivity index is 0.00000210. The average Bonchev–Trinajstić information content (AvgIpc) is 2.97. The fourth-order valence-electron chi connectivity index (χ4n) is 3.84. The van der Waals surface area contributed by atoms with Crippen molar-refractivity contribution in [2.45, 2.75) is 31.3 Å². The van der Waals surface area contributed by atoms with Crippen molar-refractivity contribution in [2.75, 3.05) is 13.1 Å². The van der Waals surface area contributed by atoms with Crippen LogP contribution in [0.4, 0.5) is 13.2 Å². The number of benzene rings is 2. The minimum absolute atomic E-state index is 0. The van der Waals surface area contributed by atoms with Gasteiger partial charge >= 0.3 is 0 Å². The first-order valence-corrected chi connectivity index (χ1v) is 8.81. The molecule has 2 fully saturated rings. The Bertz CT molecular complexity index is 821. The average molecular weight is 397 g/mol. The van der Waals surface area contributed by atoms with Crippen molar-refractivity contribution in [3.05, 3.63) is 59.4 Å². The third-order valence-corrected chi connectivity index (χ3v) is 5.26. The number of rotatable bonds is 2. The predicted octanol–water partition coefficient (Wildman–Crippen LogP) is 4.16. The second kappa shape index (κ2) is 7.90. The highest BCUT2D eigenvalue weighted by atomic mass is 35.5. The number of amides is 1. The van der Waals surface area contributed by atoms with Crippen molar-refractivity contribution >= 4 is 18.3 Å². The van der Waals surface area contributed by atoms with Crippen LogP contribution < -0.4 is 5.32 Å². The number of carbonyl (C=O) groups is 1. The van der Waals surface area contributed by atoms with Gasteiger partial charge in [-0.05, 0) is 54.7 Å². The molecule has 2 aliphatic rings. The molecule has 2 bridgehead atoms. The van der Waals surface area contributed by atoms with E-state index in [-0.39, 0.29) is 23.9 Å². The van der Waals surface area contributed by atoms with Gasteiger partial charge in [0.05, 0.1) is 0 Å². The third-order valence-electron chi connectivity index (χ3n) is 5.26. The molecule has 0 radical (unpaired) electrons. The fourth-order valence-corrected chi connectivity index (χ4v) is 3.84. The van der Waals surface area contributed by atoms with Crippen molar-refractivity contribution in [1.29, 1.82) is 0 Å². The smallest absolute Gasteiger partial charge is 0.253 e. The Morgan fingerprint density at radius 3 is 2.22 bits per heavy atom. The summed E-state index contributed by atoms with van der Waals surface area (Å²) in [7, 11) is 0. The number of likely N-dealkylation sites (tertiary alicyclic amines) is 1. The fraction of sp³-hybridized carbons (Fsp3) is 0.350. The molecule has 1 amide bonds. The van der Waals surface area contributed by atoms with E-state index in [0.29, 0.717) is 29.8 Å². The molecule has 2 aromatic rings. The largest absolute Gasteiger partial charge is 0.337 e. The molecule has 2 aliphatic heterocycles. The molecule has 0 aliphatic carbocycles. The zero-order valence-electron chi connectivity index (χ0n) is 14.6. The summed E-state index contributed by atoms with van der Waals surface area (Å²) in [4.78, 5) is 14.6. The Morgan fingerprint density at radius 2 is 1.56 bits per heavy atom. The van der Waals surface area contributed by atoms with Gasteiger partial charge in [0.1, 0.15) is 0 Å². The number of fused-ring (bicyclic) bond motifs is 2. The summed E-state index contributed by atoms with van der Waals surface area (Å²) in [6.45, 7) is 1.43. The van der Waals surface area contributed by atoms with Crippen LogP contribution in [-0.4, -0.2) is 36.0 Å². The molecular weight excluding hydrogens is 377 g/mol.